The average Bonchev–Trinajstić information content (AvgIpc) is 2.99. The van der Waals surface area contributed by atoms with Crippen molar-refractivity contribution in [3.63, 3.8) is 0 Å². The van der Waals surface area contributed by atoms with Crippen LogP contribution in [0.4, 0.5) is 0 Å². The predicted molar refractivity (Wildman–Crippen MR) is 54.7 cm³/mol. The van der Waals surface area contributed by atoms with Crippen molar-refractivity contribution in [1.82, 2.24) is 15.2 Å². The third-order valence-corrected chi connectivity index (χ3v) is 2.78. The molecule has 0 saturated heterocycles. The van der Waals surface area contributed by atoms with Gasteiger partial charge in [0, 0.05) is 19.1 Å². The van der Waals surface area contributed by atoms with Gasteiger partial charge in [0.1, 0.15) is 11.4 Å². The lowest BCUT2D eigenvalue weighted by Gasteiger charge is -2.19. The normalized spacial score (nSPS) is 15.6. The quantitative estimate of drug-likeness (QED) is 0.772. The minimum absolute atomic E-state index is 0.167. The highest BCUT2D eigenvalue weighted by Crippen LogP contribution is 2.28. The van der Waals surface area contributed by atoms with E-state index in [1.807, 2.05) is 6.92 Å². The standard InChI is InChI=1S/C10H15N3O3/c1-7-9(12-16-11-7)6-13(8-2-3-8)5-4-10(14)15/h8H,2-6H2,1H3,(H,14,15). The molecule has 1 aromatic rings. The van der Waals surface area contributed by atoms with Gasteiger partial charge in [-0.3, -0.25) is 9.69 Å². The summed E-state index contributed by atoms with van der Waals surface area (Å²) >= 11 is 0. The second-order valence-electron chi connectivity index (χ2n) is 4.14. The fourth-order valence-electron chi connectivity index (χ4n) is 1.65. The molecule has 0 unspecified atom stereocenters. The molecule has 0 atom stereocenters. The van der Waals surface area contributed by atoms with Gasteiger partial charge in [-0.2, -0.15) is 0 Å². The van der Waals surface area contributed by atoms with Crippen LogP contribution in [-0.2, 0) is 11.3 Å². The third kappa shape index (κ3) is 2.79. The molecule has 0 aliphatic heterocycles. The van der Waals surface area contributed by atoms with E-state index in [0.717, 1.165) is 24.2 Å². The molecule has 0 amide bonds. The monoisotopic (exact) mass is 225 g/mol. The molecule has 1 N–H and O–H groups in total. The molecule has 0 aromatic carbocycles. The van der Waals surface area contributed by atoms with Crippen LogP contribution >= 0.6 is 0 Å². The molecule has 6 heteroatoms. The first-order chi connectivity index (χ1) is 7.66. The summed E-state index contributed by atoms with van der Waals surface area (Å²) in [6.45, 7) is 3.04. The second-order valence-corrected chi connectivity index (χ2v) is 4.14. The summed E-state index contributed by atoms with van der Waals surface area (Å²) in [4.78, 5) is 12.7. The Morgan fingerprint density at radius 1 is 1.56 bits per heavy atom. The zero-order chi connectivity index (χ0) is 11.5. The largest absolute Gasteiger partial charge is 0.481 e. The van der Waals surface area contributed by atoms with Crippen molar-refractivity contribution in [2.24, 2.45) is 0 Å². The smallest absolute Gasteiger partial charge is 0.304 e. The van der Waals surface area contributed by atoms with Crippen molar-refractivity contribution in [2.75, 3.05) is 6.54 Å². The Labute approximate surface area is 93.2 Å². The van der Waals surface area contributed by atoms with Gasteiger partial charge >= 0.3 is 5.97 Å². The molecule has 2 rings (SSSR count). The fourth-order valence-corrected chi connectivity index (χ4v) is 1.65. The molecule has 88 valence electrons. The molecule has 0 spiro atoms. The van der Waals surface area contributed by atoms with Gasteiger partial charge in [-0.25, -0.2) is 4.63 Å². The number of aryl methyl sites for hydroxylation is 1. The molecule has 1 heterocycles. The van der Waals surface area contributed by atoms with Crippen LogP contribution in [0.25, 0.3) is 0 Å². The van der Waals surface area contributed by atoms with Gasteiger partial charge in [0.05, 0.1) is 6.42 Å². The molecule has 16 heavy (non-hydrogen) atoms. The number of rotatable bonds is 6. The van der Waals surface area contributed by atoms with Crippen molar-refractivity contribution < 1.29 is 14.5 Å². The Hall–Kier alpha value is -1.43. The number of nitrogens with zero attached hydrogens (tertiary/aromatic N) is 3. The number of hydrogen-bond acceptors (Lipinski definition) is 5. The molecule has 1 aliphatic carbocycles. The van der Waals surface area contributed by atoms with E-state index in [0.29, 0.717) is 19.1 Å². The summed E-state index contributed by atoms with van der Waals surface area (Å²) in [5.41, 5.74) is 1.58. The highest BCUT2D eigenvalue weighted by Gasteiger charge is 2.30. The van der Waals surface area contributed by atoms with Gasteiger partial charge in [-0.05, 0) is 19.8 Å². The minimum atomic E-state index is -0.763. The molecule has 0 bridgehead atoms. The van der Waals surface area contributed by atoms with Crippen LogP contribution in [0.5, 0.6) is 0 Å². The van der Waals surface area contributed by atoms with Gasteiger partial charge in [-0.15, -0.1) is 0 Å². The van der Waals surface area contributed by atoms with E-state index < -0.39 is 5.97 Å². The Morgan fingerprint density at radius 2 is 2.31 bits per heavy atom. The van der Waals surface area contributed by atoms with Crippen LogP contribution in [-0.4, -0.2) is 38.9 Å². The SMILES string of the molecule is Cc1nonc1CN(CCC(=O)O)C1CC1. The summed E-state index contributed by atoms with van der Waals surface area (Å²) in [5.74, 6) is -0.763. The van der Waals surface area contributed by atoms with Gasteiger partial charge in [-0.1, -0.05) is 10.3 Å². The molecular formula is C10H15N3O3. The van der Waals surface area contributed by atoms with Crippen molar-refractivity contribution in [3.05, 3.63) is 11.4 Å². The number of carboxylic acids is 1. The van der Waals surface area contributed by atoms with Crippen molar-refractivity contribution in [3.8, 4) is 0 Å². The summed E-state index contributed by atoms with van der Waals surface area (Å²) < 4.78 is 4.63. The summed E-state index contributed by atoms with van der Waals surface area (Å²) in [6, 6.07) is 0.510. The topological polar surface area (TPSA) is 79.5 Å². The maximum absolute atomic E-state index is 10.5. The lowest BCUT2D eigenvalue weighted by molar-refractivity contribution is -0.137. The van der Waals surface area contributed by atoms with E-state index in [-0.39, 0.29) is 6.42 Å². The van der Waals surface area contributed by atoms with Crippen molar-refractivity contribution >= 4 is 5.97 Å². The molecule has 1 aliphatic rings. The lowest BCUT2D eigenvalue weighted by atomic mass is 10.3. The van der Waals surface area contributed by atoms with E-state index in [2.05, 4.69) is 19.8 Å². The van der Waals surface area contributed by atoms with Gasteiger partial charge < -0.3 is 5.11 Å². The summed E-state index contributed by atoms with van der Waals surface area (Å²) in [5, 5.41) is 16.2. The molecule has 1 saturated carbocycles. The zero-order valence-electron chi connectivity index (χ0n) is 9.22. The average molecular weight is 225 g/mol. The van der Waals surface area contributed by atoms with E-state index in [9.17, 15) is 4.79 Å². The highest BCUT2D eigenvalue weighted by molar-refractivity contribution is 5.66. The maximum atomic E-state index is 10.5. The molecule has 6 nitrogen and oxygen atoms in total. The Bertz CT molecular complexity index is 373. The number of aromatic nitrogens is 2. The second kappa shape index (κ2) is 4.61. The van der Waals surface area contributed by atoms with Crippen LogP contribution in [0.1, 0.15) is 30.7 Å². The summed E-state index contributed by atoms with van der Waals surface area (Å²) in [7, 11) is 0. The Kier molecular flexibility index (Phi) is 3.19. The fraction of sp³-hybridized carbons (Fsp3) is 0.700. The van der Waals surface area contributed by atoms with E-state index in [1.54, 1.807) is 0 Å². The van der Waals surface area contributed by atoms with Crippen LogP contribution in [0.2, 0.25) is 0 Å². The number of carboxylic acid groups (broad SMARTS) is 1. The van der Waals surface area contributed by atoms with E-state index in [4.69, 9.17) is 5.11 Å². The van der Waals surface area contributed by atoms with Crippen molar-refractivity contribution in [1.29, 1.82) is 0 Å². The maximum Gasteiger partial charge on any atom is 0.304 e. The van der Waals surface area contributed by atoms with Gasteiger partial charge in [0.25, 0.3) is 0 Å². The number of carbonyl (C=O) groups is 1. The summed E-state index contributed by atoms with van der Waals surface area (Å²) in [6.07, 6.45) is 2.45. The predicted octanol–water partition coefficient (Wildman–Crippen LogP) is 0.817. The van der Waals surface area contributed by atoms with E-state index >= 15 is 0 Å². The molecular weight excluding hydrogens is 210 g/mol. The first kappa shape index (κ1) is 11.1. The van der Waals surface area contributed by atoms with E-state index in [1.165, 1.54) is 0 Å². The van der Waals surface area contributed by atoms with Gasteiger partial charge in [0.2, 0.25) is 0 Å². The van der Waals surface area contributed by atoms with Crippen LogP contribution < -0.4 is 0 Å². The highest BCUT2D eigenvalue weighted by atomic mass is 16.6. The Balaban J connectivity index is 1.92. The lowest BCUT2D eigenvalue weighted by Crippen LogP contribution is -2.28. The van der Waals surface area contributed by atoms with Crippen LogP contribution in [0, 0.1) is 6.92 Å². The van der Waals surface area contributed by atoms with Crippen LogP contribution in [0.3, 0.4) is 0 Å². The van der Waals surface area contributed by atoms with Crippen LogP contribution in [0.15, 0.2) is 4.63 Å². The Morgan fingerprint density at radius 3 is 2.81 bits per heavy atom. The minimum Gasteiger partial charge on any atom is -0.481 e. The number of hydrogen-bond donors (Lipinski definition) is 1. The zero-order valence-corrected chi connectivity index (χ0v) is 9.22. The molecule has 1 fully saturated rings. The van der Waals surface area contributed by atoms with Crippen molar-refractivity contribution in [2.45, 2.75) is 38.8 Å². The van der Waals surface area contributed by atoms with Gasteiger partial charge in [0.15, 0.2) is 0 Å². The first-order valence-electron chi connectivity index (χ1n) is 5.40. The molecule has 0 radical (unpaired) electrons. The third-order valence-electron chi connectivity index (χ3n) is 2.78. The first-order valence-corrected chi connectivity index (χ1v) is 5.40. The molecule has 1 aromatic heterocycles. The number of aliphatic carboxylic acids is 1.